The Bertz CT molecular complexity index is 427. The van der Waals surface area contributed by atoms with Gasteiger partial charge in [-0.15, -0.1) is 12.4 Å². The third-order valence-electron chi connectivity index (χ3n) is 3.36. The molecule has 3 rings (SSSR count). The number of nitrogens with one attached hydrogen (secondary N) is 1. The average Bonchev–Trinajstić information content (AvgIpc) is 2.91. The van der Waals surface area contributed by atoms with Crippen molar-refractivity contribution in [1.82, 2.24) is 5.32 Å². The third kappa shape index (κ3) is 1.75. The molecule has 2 aliphatic rings. The standard InChI is InChI=1S/C12H13N3.ClH/c13-6-9-2-1-3-11(4-9)15-8-10-5-12(15)7-14-10;/h1-4,10,12,14H,5,7-8H2;1H/t10-,12-;/m0./s1. The number of piperazine rings is 1. The fourth-order valence-corrected chi connectivity index (χ4v) is 2.63. The number of rotatable bonds is 1. The van der Waals surface area contributed by atoms with Gasteiger partial charge in [0.1, 0.15) is 0 Å². The van der Waals surface area contributed by atoms with Crippen molar-refractivity contribution in [2.75, 3.05) is 18.0 Å². The van der Waals surface area contributed by atoms with E-state index in [0.717, 1.165) is 18.7 Å². The van der Waals surface area contributed by atoms with E-state index < -0.39 is 0 Å². The maximum absolute atomic E-state index is 8.86. The molecule has 2 aliphatic heterocycles. The van der Waals surface area contributed by atoms with E-state index in [1.807, 2.05) is 18.2 Å². The van der Waals surface area contributed by atoms with Crippen LogP contribution in [0.2, 0.25) is 0 Å². The van der Waals surface area contributed by atoms with Crippen molar-refractivity contribution < 1.29 is 0 Å². The van der Waals surface area contributed by atoms with Crippen LogP contribution in [0.15, 0.2) is 24.3 Å². The van der Waals surface area contributed by atoms with Crippen molar-refractivity contribution in [2.45, 2.75) is 18.5 Å². The van der Waals surface area contributed by atoms with E-state index >= 15 is 0 Å². The van der Waals surface area contributed by atoms with Crippen LogP contribution in [0.3, 0.4) is 0 Å². The molecule has 0 aliphatic carbocycles. The number of nitriles is 1. The van der Waals surface area contributed by atoms with Crippen LogP contribution >= 0.6 is 12.4 Å². The zero-order valence-corrected chi connectivity index (χ0v) is 9.70. The highest BCUT2D eigenvalue weighted by atomic mass is 35.5. The van der Waals surface area contributed by atoms with E-state index in [4.69, 9.17) is 5.26 Å². The lowest BCUT2D eigenvalue weighted by Gasteiger charge is -2.29. The van der Waals surface area contributed by atoms with Gasteiger partial charge in [0.05, 0.1) is 11.6 Å². The summed E-state index contributed by atoms with van der Waals surface area (Å²) in [6.07, 6.45) is 1.25. The van der Waals surface area contributed by atoms with Gasteiger partial charge in [0.15, 0.2) is 0 Å². The van der Waals surface area contributed by atoms with Crippen LogP contribution in [-0.2, 0) is 0 Å². The molecule has 1 aromatic carbocycles. The van der Waals surface area contributed by atoms with Crippen molar-refractivity contribution in [3.63, 3.8) is 0 Å². The molecule has 16 heavy (non-hydrogen) atoms. The Labute approximate surface area is 101 Å². The van der Waals surface area contributed by atoms with E-state index in [0.29, 0.717) is 12.1 Å². The highest BCUT2D eigenvalue weighted by Crippen LogP contribution is 2.29. The topological polar surface area (TPSA) is 39.1 Å². The molecule has 2 fully saturated rings. The summed E-state index contributed by atoms with van der Waals surface area (Å²) in [5.74, 6) is 0. The van der Waals surface area contributed by atoms with Gasteiger partial charge in [0.25, 0.3) is 0 Å². The van der Waals surface area contributed by atoms with Crippen LogP contribution in [0, 0.1) is 11.3 Å². The summed E-state index contributed by atoms with van der Waals surface area (Å²) in [6.45, 7) is 2.17. The lowest BCUT2D eigenvalue weighted by Crippen LogP contribution is -2.43. The average molecular weight is 236 g/mol. The van der Waals surface area contributed by atoms with Crippen LogP contribution in [-0.4, -0.2) is 25.2 Å². The Morgan fingerprint density at radius 2 is 2.31 bits per heavy atom. The quantitative estimate of drug-likeness (QED) is 0.803. The Morgan fingerprint density at radius 1 is 1.44 bits per heavy atom. The maximum Gasteiger partial charge on any atom is 0.0992 e. The molecule has 2 bridgehead atoms. The Kier molecular flexibility index (Phi) is 3.04. The molecule has 3 nitrogen and oxygen atoms in total. The van der Waals surface area contributed by atoms with Gasteiger partial charge in [0, 0.05) is 30.9 Å². The lowest BCUT2D eigenvalue weighted by atomic mass is 10.2. The summed E-state index contributed by atoms with van der Waals surface area (Å²) < 4.78 is 0. The van der Waals surface area contributed by atoms with Gasteiger partial charge in [-0.05, 0) is 24.6 Å². The predicted octanol–water partition coefficient (Wildman–Crippen LogP) is 1.53. The zero-order valence-electron chi connectivity index (χ0n) is 8.89. The maximum atomic E-state index is 8.86. The number of halogens is 1. The number of hydrogen-bond acceptors (Lipinski definition) is 3. The summed E-state index contributed by atoms with van der Waals surface area (Å²) >= 11 is 0. The first-order valence-electron chi connectivity index (χ1n) is 5.37. The minimum atomic E-state index is 0. The molecule has 2 atom stereocenters. The van der Waals surface area contributed by atoms with Gasteiger partial charge in [-0.2, -0.15) is 5.26 Å². The highest BCUT2D eigenvalue weighted by Gasteiger charge is 2.37. The molecular formula is C12H14ClN3. The van der Waals surface area contributed by atoms with Crippen LogP contribution < -0.4 is 10.2 Å². The van der Waals surface area contributed by atoms with Crippen molar-refractivity contribution in [3.05, 3.63) is 29.8 Å². The van der Waals surface area contributed by atoms with Gasteiger partial charge >= 0.3 is 0 Å². The molecule has 1 N–H and O–H groups in total. The second-order valence-electron chi connectivity index (χ2n) is 4.31. The molecule has 0 radical (unpaired) electrons. The number of benzene rings is 1. The first-order valence-corrected chi connectivity index (χ1v) is 5.37. The zero-order chi connectivity index (χ0) is 10.3. The summed E-state index contributed by atoms with van der Waals surface area (Å²) in [6, 6.07) is 11.4. The first kappa shape index (κ1) is 11.3. The van der Waals surface area contributed by atoms with E-state index in [9.17, 15) is 0 Å². The second kappa shape index (κ2) is 4.32. The molecule has 0 unspecified atom stereocenters. The van der Waals surface area contributed by atoms with Gasteiger partial charge in [0.2, 0.25) is 0 Å². The molecule has 2 saturated heterocycles. The summed E-state index contributed by atoms with van der Waals surface area (Å²) in [5, 5.41) is 12.3. The number of anilines is 1. The van der Waals surface area contributed by atoms with Crippen molar-refractivity contribution >= 4 is 18.1 Å². The van der Waals surface area contributed by atoms with Crippen molar-refractivity contribution in [1.29, 1.82) is 5.26 Å². The smallest absolute Gasteiger partial charge is 0.0992 e. The van der Waals surface area contributed by atoms with Gasteiger partial charge in [-0.1, -0.05) is 6.07 Å². The van der Waals surface area contributed by atoms with E-state index in [1.165, 1.54) is 12.1 Å². The first-order chi connectivity index (χ1) is 7.36. The molecule has 4 heteroatoms. The normalized spacial score (nSPS) is 26.3. The van der Waals surface area contributed by atoms with Gasteiger partial charge < -0.3 is 10.2 Å². The molecule has 0 spiro atoms. The fraction of sp³-hybridized carbons (Fsp3) is 0.417. The molecular weight excluding hydrogens is 222 g/mol. The van der Waals surface area contributed by atoms with Crippen molar-refractivity contribution in [2.24, 2.45) is 0 Å². The Morgan fingerprint density at radius 3 is 2.94 bits per heavy atom. The molecule has 1 aromatic rings. The van der Waals surface area contributed by atoms with Gasteiger partial charge in [-0.3, -0.25) is 0 Å². The Balaban J connectivity index is 0.000000963. The van der Waals surface area contributed by atoms with Crippen LogP contribution in [0.1, 0.15) is 12.0 Å². The molecule has 2 heterocycles. The number of hydrogen-bond donors (Lipinski definition) is 1. The van der Waals surface area contributed by atoms with Crippen LogP contribution in [0.4, 0.5) is 5.69 Å². The molecule has 0 saturated carbocycles. The SMILES string of the molecule is Cl.N#Cc1cccc(N2C[C@@H]3C[C@H]2CN3)c1. The summed E-state index contributed by atoms with van der Waals surface area (Å²) in [5.41, 5.74) is 1.95. The number of fused-ring (bicyclic) bond motifs is 2. The van der Waals surface area contributed by atoms with Crippen molar-refractivity contribution in [3.8, 4) is 6.07 Å². The third-order valence-corrected chi connectivity index (χ3v) is 3.36. The number of nitrogens with zero attached hydrogens (tertiary/aromatic N) is 2. The summed E-state index contributed by atoms with van der Waals surface area (Å²) in [7, 11) is 0. The van der Waals surface area contributed by atoms with E-state index in [1.54, 1.807) is 0 Å². The minimum absolute atomic E-state index is 0. The lowest BCUT2D eigenvalue weighted by molar-refractivity contribution is 0.580. The van der Waals surface area contributed by atoms with E-state index in [-0.39, 0.29) is 12.4 Å². The minimum Gasteiger partial charge on any atom is -0.366 e. The fourth-order valence-electron chi connectivity index (χ4n) is 2.63. The second-order valence-corrected chi connectivity index (χ2v) is 4.31. The molecule has 0 aromatic heterocycles. The molecule has 84 valence electrons. The van der Waals surface area contributed by atoms with Gasteiger partial charge in [-0.25, -0.2) is 0 Å². The van der Waals surface area contributed by atoms with Crippen LogP contribution in [0.25, 0.3) is 0 Å². The highest BCUT2D eigenvalue weighted by molar-refractivity contribution is 5.85. The van der Waals surface area contributed by atoms with E-state index in [2.05, 4.69) is 22.4 Å². The predicted molar refractivity (Wildman–Crippen MR) is 65.9 cm³/mol. The molecule has 0 amide bonds. The monoisotopic (exact) mass is 235 g/mol. The summed E-state index contributed by atoms with van der Waals surface area (Å²) in [4.78, 5) is 2.42. The largest absolute Gasteiger partial charge is 0.366 e. The Hall–Kier alpha value is -1.24. The van der Waals surface area contributed by atoms with Crippen LogP contribution in [0.5, 0.6) is 0 Å².